The molecule has 1 fully saturated rings. The van der Waals surface area contributed by atoms with Gasteiger partial charge < -0.3 is 11.1 Å². The van der Waals surface area contributed by atoms with E-state index in [0.717, 1.165) is 11.6 Å². The molecule has 2 nitrogen and oxygen atoms in total. The van der Waals surface area contributed by atoms with Gasteiger partial charge in [0.25, 0.3) is 0 Å². The highest BCUT2D eigenvalue weighted by Crippen LogP contribution is 2.37. The first-order valence-electron chi connectivity index (χ1n) is 5.44. The lowest BCUT2D eigenvalue weighted by Gasteiger charge is -2.10. The minimum atomic E-state index is -0.235. The molecule has 0 heterocycles. The molecule has 3 heteroatoms. The fraction of sp³-hybridized carbons (Fsp3) is 0.500. The van der Waals surface area contributed by atoms with E-state index in [0.29, 0.717) is 17.3 Å². The first kappa shape index (κ1) is 10.3. The van der Waals surface area contributed by atoms with Crippen LogP contribution in [-0.4, -0.2) is 6.04 Å². The van der Waals surface area contributed by atoms with Gasteiger partial charge in [0.1, 0.15) is 5.82 Å². The quantitative estimate of drug-likeness (QED) is 0.749. The molecule has 1 aromatic carbocycles. The predicted molar refractivity (Wildman–Crippen MR) is 61.4 cm³/mol. The zero-order chi connectivity index (χ0) is 11.0. The van der Waals surface area contributed by atoms with Crippen molar-refractivity contribution in [2.75, 3.05) is 11.1 Å². The van der Waals surface area contributed by atoms with E-state index in [1.807, 2.05) is 0 Å². The Balaban J connectivity index is 2.12. The highest BCUT2D eigenvalue weighted by Gasteiger charge is 2.35. The number of anilines is 2. The second kappa shape index (κ2) is 3.72. The minimum Gasteiger partial charge on any atom is -0.397 e. The van der Waals surface area contributed by atoms with Crippen LogP contribution >= 0.6 is 0 Å². The van der Waals surface area contributed by atoms with E-state index in [2.05, 4.69) is 12.2 Å². The van der Waals surface area contributed by atoms with Gasteiger partial charge in [-0.2, -0.15) is 0 Å². The van der Waals surface area contributed by atoms with Crippen molar-refractivity contribution in [3.63, 3.8) is 0 Å². The molecule has 2 unspecified atom stereocenters. The highest BCUT2D eigenvalue weighted by molar-refractivity contribution is 5.68. The number of aryl methyl sites for hydroxylation is 1. The molecule has 0 amide bonds. The number of nitrogen functional groups attached to an aromatic ring is 1. The lowest BCUT2D eigenvalue weighted by atomic mass is 10.1. The molecular weight excluding hydrogens is 191 g/mol. The summed E-state index contributed by atoms with van der Waals surface area (Å²) in [5, 5.41) is 3.36. The molecule has 2 rings (SSSR count). The predicted octanol–water partition coefficient (Wildman–Crippen LogP) is 2.93. The van der Waals surface area contributed by atoms with Gasteiger partial charge in [-0.1, -0.05) is 13.3 Å². The van der Waals surface area contributed by atoms with E-state index in [1.165, 1.54) is 18.9 Å². The first-order valence-corrected chi connectivity index (χ1v) is 5.44. The van der Waals surface area contributed by atoms with Crippen LogP contribution in [0, 0.1) is 18.7 Å². The molecule has 0 spiro atoms. The largest absolute Gasteiger partial charge is 0.397 e. The third-order valence-corrected chi connectivity index (χ3v) is 3.12. The number of benzene rings is 1. The zero-order valence-electron chi connectivity index (χ0n) is 9.18. The van der Waals surface area contributed by atoms with Gasteiger partial charge in [-0.05, 0) is 37.0 Å². The van der Waals surface area contributed by atoms with Gasteiger partial charge in [0.05, 0.1) is 11.4 Å². The van der Waals surface area contributed by atoms with E-state index in [1.54, 1.807) is 13.0 Å². The summed E-state index contributed by atoms with van der Waals surface area (Å²) in [4.78, 5) is 0. The molecule has 82 valence electrons. The SMILES string of the molecule is CCC1CC1Nc1cc(C)c(F)cc1N. The molecule has 1 aliphatic rings. The second-order valence-electron chi connectivity index (χ2n) is 4.34. The van der Waals surface area contributed by atoms with Crippen LogP contribution < -0.4 is 11.1 Å². The molecule has 2 atom stereocenters. The molecule has 0 radical (unpaired) electrons. The molecule has 0 aromatic heterocycles. The van der Waals surface area contributed by atoms with Crippen LogP contribution in [0.15, 0.2) is 12.1 Å². The summed E-state index contributed by atoms with van der Waals surface area (Å²) < 4.78 is 13.1. The van der Waals surface area contributed by atoms with E-state index in [-0.39, 0.29) is 5.82 Å². The summed E-state index contributed by atoms with van der Waals surface area (Å²) in [6.45, 7) is 3.94. The van der Waals surface area contributed by atoms with Crippen molar-refractivity contribution in [2.24, 2.45) is 5.92 Å². The van der Waals surface area contributed by atoms with Crippen molar-refractivity contribution >= 4 is 11.4 Å². The van der Waals surface area contributed by atoms with Crippen molar-refractivity contribution in [3.05, 3.63) is 23.5 Å². The number of halogens is 1. The van der Waals surface area contributed by atoms with Gasteiger partial charge in [-0.15, -0.1) is 0 Å². The summed E-state index contributed by atoms with van der Waals surface area (Å²) >= 11 is 0. The molecule has 1 aliphatic carbocycles. The number of nitrogens with two attached hydrogens (primary N) is 1. The van der Waals surface area contributed by atoms with Crippen molar-refractivity contribution in [1.82, 2.24) is 0 Å². The van der Waals surface area contributed by atoms with Crippen molar-refractivity contribution < 1.29 is 4.39 Å². The maximum Gasteiger partial charge on any atom is 0.128 e. The van der Waals surface area contributed by atoms with Crippen LogP contribution in [0.5, 0.6) is 0 Å². The fourth-order valence-corrected chi connectivity index (χ4v) is 1.90. The van der Waals surface area contributed by atoms with Crippen LogP contribution in [0.3, 0.4) is 0 Å². The average Bonchev–Trinajstić information content (AvgIpc) is 2.93. The normalized spacial score (nSPS) is 23.9. The second-order valence-corrected chi connectivity index (χ2v) is 4.34. The van der Waals surface area contributed by atoms with Gasteiger partial charge in [-0.3, -0.25) is 0 Å². The average molecular weight is 208 g/mol. The van der Waals surface area contributed by atoms with Gasteiger partial charge in [0, 0.05) is 6.04 Å². The zero-order valence-corrected chi connectivity index (χ0v) is 9.18. The summed E-state index contributed by atoms with van der Waals surface area (Å²) in [5.74, 6) is 0.524. The minimum absolute atomic E-state index is 0.235. The Morgan fingerprint density at radius 3 is 2.87 bits per heavy atom. The van der Waals surface area contributed by atoms with Gasteiger partial charge >= 0.3 is 0 Å². The van der Waals surface area contributed by atoms with E-state index < -0.39 is 0 Å². The smallest absolute Gasteiger partial charge is 0.128 e. The maximum absolute atomic E-state index is 13.1. The molecule has 0 saturated heterocycles. The van der Waals surface area contributed by atoms with Crippen LogP contribution in [0.2, 0.25) is 0 Å². The molecule has 0 bridgehead atoms. The molecule has 1 saturated carbocycles. The Morgan fingerprint density at radius 1 is 1.53 bits per heavy atom. The van der Waals surface area contributed by atoms with Gasteiger partial charge in [0.15, 0.2) is 0 Å². The number of hydrogen-bond acceptors (Lipinski definition) is 2. The first-order chi connectivity index (χ1) is 7.11. The van der Waals surface area contributed by atoms with Crippen LogP contribution in [0.25, 0.3) is 0 Å². The Hall–Kier alpha value is -1.25. The fourth-order valence-electron chi connectivity index (χ4n) is 1.90. The monoisotopic (exact) mass is 208 g/mol. The van der Waals surface area contributed by atoms with Gasteiger partial charge in [0.2, 0.25) is 0 Å². The molecule has 0 aliphatic heterocycles. The summed E-state index contributed by atoms with van der Waals surface area (Å²) in [5.41, 5.74) is 7.76. The van der Waals surface area contributed by atoms with Crippen LogP contribution in [0.4, 0.5) is 15.8 Å². The van der Waals surface area contributed by atoms with Crippen LogP contribution in [-0.2, 0) is 0 Å². The number of nitrogens with one attached hydrogen (secondary N) is 1. The molecule has 15 heavy (non-hydrogen) atoms. The third-order valence-electron chi connectivity index (χ3n) is 3.12. The highest BCUT2D eigenvalue weighted by atomic mass is 19.1. The Bertz CT molecular complexity index is 376. The van der Waals surface area contributed by atoms with E-state index in [4.69, 9.17) is 5.73 Å². The molecule has 3 N–H and O–H groups in total. The van der Waals surface area contributed by atoms with Crippen LogP contribution in [0.1, 0.15) is 25.3 Å². The van der Waals surface area contributed by atoms with Gasteiger partial charge in [-0.25, -0.2) is 4.39 Å². The number of hydrogen-bond donors (Lipinski definition) is 2. The lowest BCUT2D eigenvalue weighted by molar-refractivity contribution is 0.619. The summed E-state index contributed by atoms with van der Waals surface area (Å²) in [6.07, 6.45) is 2.39. The van der Waals surface area contributed by atoms with Crippen molar-refractivity contribution in [1.29, 1.82) is 0 Å². The topological polar surface area (TPSA) is 38.0 Å². The van der Waals surface area contributed by atoms with E-state index in [9.17, 15) is 4.39 Å². The molecule has 1 aromatic rings. The molecular formula is C12H17FN2. The van der Waals surface area contributed by atoms with Crippen molar-refractivity contribution in [2.45, 2.75) is 32.7 Å². The Labute approximate surface area is 89.7 Å². The Morgan fingerprint density at radius 2 is 2.27 bits per heavy atom. The van der Waals surface area contributed by atoms with Crippen molar-refractivity contribution in [3.8, 4) is 0 Å². The summed E-state index contributed by atoms with van der Waals surface area (Å²) in [7, 11) is 0. The Kier molecular flexibility index (Phi) is 2.55. The third kappa shape index (κ3) is 2.06. The lowest BCUT2D eigenvalue weighted by Crippen LogP contribution is -2.07. The van der Waals surface area contributed by atoms with E-state index >= 15 is 0 Å². The number of rotatable bonds is 3. The maximum atomic E-state index is 13.1. The summed E-state index contributed by atoms with van der Waals surface area (Å²) in [6, 6.07) is 3.71. The standard InChI is InChI=1S/C12H17FN2/c1-3-8-5-11(8)15-12-4-7(2)9(13)6-10(12)14/h4,6,8,11,15H,3,5,14H2,1-2H3.